The minimum absolute atomic E-state index is 0.484. The topological polar surface area (TPSA) is 34.9 Å². The predicted molar refractivity (Wildman–Crippen MR) is 38.3 cm³/mol. The van der Waals surface area contributed by atoms with E-state index in [-0.39, 0.29) is 0 Å². The molecular formula is C7H7F3N2O. The van der Waals surface area contributed by atoms with Crippen molar-refractivity contribution in [3.63, 3.8) is 0 Å². The zero-order valence-corrected chi connectivity index (χ0v) is 6.80. The van der Waals surface area contributed by atoms with E-state index in [4.69, 9.17) is 0 Å². The molecule has 6 heteroatoms. The average molecular weight is 192 g/mol. The number of ketones is 1. The number of hydrogen-bond donors (Lipinski definition) is 0. The van der Waals surface area contributed by atoms with E-state index in [1.165, 1.54) is 10.9 Å². The average Bonchev–Trinajstić information content (AvgIpc) is 2.48. The third-order valence-electron chi connectivity index (χ3n) is 1.49. The van der Waals surface area contributed by atoms with Gasteiger partial charge in [0.05, 0.1) is 6.33 Å². The fourth-order valence-corrected chi connectivity index (χ4v) is 0.796. The Kier molecular flexibility index (Phi) is 2.40. The first-order valence-corrected chi connectivity index (χ1v) is 3.58. The Hall–Kier alpha value is -1.33. The fraction of sp³-hybridized carbons (Fsp3) is 0.429. The van der Waals surface area contributed by atoms with Crippen LogP contribution >= 0.6 is 0 Å². The van der Waals surface area contributed by atoms with Crippen molar-refractivity contribution in [2.24, 2.45) is 0 Å². The molecule has 0 aliphatic rings. The summed E-state index contributed by atoms with van der Waals surface area (Å²) in [5, 5.41) is 0. The minimum Gasteiger partial charge on any atom is -0.337 e. The molecule has 0 amide bonds. The summed E-state index contributed by atoms with van der Waals surface area (Å²) in [6.45, 7) is 2.22. The van der Waals surface area contributed by atoms with Crippen molar-refractivity contribution in [1.29, 1.82) is 0 Å². The van der Waals surface area contributed by atoms with Gasteiger partial charge in [-0.2, -0.15) is 13.2 Å². The van der Waals surface area contributed by atoms with E-state index in [1.807, 2.05) is 0 Å². The summed E-state index contributed by atoms with van der Waals surface area (Å²) in [5.41, 5.74) is -0.561. The molecule has 0 atom stereocenters. The zero-order valence-electron chi connectivity index (χ0n) is 6.80. The summed E-state index contributed by atoms with van der Waals surface area (Å²) in [5.74, 6) is -1.90. The number of nitrogens with zero attached hydrogens (tertiary/aromatic N) is 2. The lowest BCUT2D eigenvalue weighted by Gasteiger charge is -2.00. The first-order valence-electron chi connectivity index (χ1n) is 3.58. The minimum atomic E-state index is -4.84. The Morgan fingerprint density at radius 1 is 1.62 bits per heavy atom. The van der Waals surface area contributed by atoms with Gasteiger partial charge in [0.2, 0.25) is 0 Å². The molecule has 0 saturated heterocycles. The Labute approximate surface area is 72.2 Å². The molecule has 0 aliphatic heterocycles. The quantitative estimate of drug-likeness (QED) is 0.667. The van der Waals surface area contributed by atoms with Gasteiger partial charge in [0.15, 0.2) is 0 Å². The second-order valence-corrected chi connectivity index (χ2v) is 2.42. The molecule has 0 fully saturated rings. The lowest BCUT2D eigenvalue weighted by atomic mass is 10.3. The second kappa shape index (κ2) is 3.20. The molecular weight excluding hydrogens is 185 g/mol. The third kappa shape index (κ3) is 2.07. The highest BCUT2D eigenvalue weighted by Gasteiger charge is 2.40. The van der Waals surface area contributed by atoms with Crippen LogP contribution in [0.1, 0.15) is 17.4 Å². The summed E-state index contributed by atoms with van der Waals surface area (Å²) in [6, 6.07) is 0. The van der Waals surface area contributed by atoms with Crippen molar-refractivity contribution in [3.05, 3.63) is 18.2 Å². The molecule has 0 aromatic carbocycles. The summed E-state index contributed by atoms with van der Waals surface area (Å²) < 4.78 is 36.9. The molecule has 0 bridgehead atoms. The standard InChI is InChI=1S/C7H7F3N2O/c1-2-12-3-5(11-4-12)6(13)7(8,9)10/h3-4H,2H2,1H3. The molecule has 72 valence electrons. The number of alkyl halides is 3. The number of carbonyl (C=O) groups is 1. The van der Waals surface area contributed by atoms with Crippen LogP contribution in [0.5, 0.6) is 0 Å². The van der Waals surface area contributed by atoms with Crippen molar-refractivity contribution < 1.29 is 18.0 Å². The molecule has 0 saturated carbocycles. The summed E-state index contributed by atoms with van der Waals surface area (Å²) in [6.07, 6.45) is -2.57. The van der Waals surface area contributed by atoms with Gasteiger partial charge in [-0.05, 0) is 6.92 Å². The number of hydrogen-bond acceptors (Lipinski definition) is 2. The number of aromatic nitrogens is 2. The normalized spacial score (nSPS) is 11.7. The van der Waals surface area contributed by atoms with Crippen LogP contribution < -0.4 is 0 Å². The zero-order chi connectivity index (χ0) is 10.1. The van der Waals surface area contributed by atoms with Gasteiger partial charge in [-0.1, -0.05) is 0 Å². The highest BCUT2D eigenvalue weighted by Crippen LogP contribution is 2.20. The number of aryl methyl sites for hydroxylation is 1. The number of halogens is 3. The van der Waals surface area contributed by atoms with Gasteiger partial charge in [0.25, 0.3) is 5.78 Å². The first kappa shape index (κ1) is 9.76. The van der Waals surface area contributed by atoms with E-state index in [2.05, 4.69) is 4.98 Å². The van der Waals surface area contributed by atoms with Gasteiger partial charge in [-0.3, -0.25) is 4.79 Å². The number of rotatable bonds is 2. The maximum atomic E-state index is 11.8. The van der Waals surface area contributed by atoms with E-state index in [1.54, 1.807) is 6.92 Å². The number of carbonyl (C=O) groups excluding carboxylic acids is 1. The van der Waals surface area contributed by atoms with Crippen molar-refractivity contribution in [3.8, 4) is 0 Å². The Bertz CT molecular complexity index is 316. The molecule has 0 spiro atoms. The predicted octanol–water partition coefficient (Wildman–Crippen LogP) is 1.65. The van der Waals surface area contributed by atoms with Gasteiger partial charge in [-0.25, -0.2) is 4.98 Å². The molecule has 1 rings (SSSR count). The van der Waals surface area contributed by atoms with Crippen molar-refractivity contribution in [2.75, 3.05) is 0 Å². The van der Waals surface area contributed by atoms with Crippen LogP contribution in [0.4, 0.5) is 13.2 Å². The monoisotopic (exact) mass is 192 g/mol. The fourth-order valence-electron chi connectivity index (χ4n) is 0.796. The van der Waals surface area contributed by atoms with Crippen molar-refractivity contribution >= 4 is 5.78 Å². The maximum absolute atomic E-state index is 11.8. The third-order valence-corrected chi connectivity index (χ3v) is 1.49. The molecule has 0 N–H and O–H groups in total. The maximum Gasteiger partial charge on any atom is 0.456 e. The summed E-state index contributed by atoms with van der Waals surface area (Å²) in [7, 11) is 0. The molecule has 1 aromatic rings. The highest BCUT2D eigenvalue weighted by atomic mass is 19.4. The highest BCUT2D eigenvalue weighted by molar-refractivity contribution is 5.98. The van der Waals surface area contributed by atoms with Crippen LogP contribution in [-0.4, -0.2) is 21.5 Å². The smallest absolute Gasteiger partial charge is 0.337 e. The number of Topliss-reactive ketones (excluding diaryl/α,β-unsaturated/α-hetero) is 1. The Balaban J connectivity index is 2.90. The van der Waals surface area contributed by atoms with E-state index in [0.717, 1.165) is 6.20 Å². The molecule has 0 unspecified atom stereocenters. The van der Waals surface area contributed by atoms with E-state index >= 15 is 0 Å². The Morgan fingerprint density at radius 3 is 2.62 bits per heavy atom. The summed E-state index contributed by atoms with van der Waals surface area (Å²) in [4.78, 5) is 13.9. The van der Waals surface area contributed by atoms with Gasteiger partial charge < -0.3 is 4.57 Å². The largest absolute Gasteiger partial charge is 0.456 e. The SMILES string of the molecule is CCn1cnc(C(=O)C(F)(F)F)c1. The second-order valence-electron chi connectivity index (χ2n) is 2.42. The van der Waals surface area contributed by atoms with Gasteiger partial charge in [0.1, 0.15) is 5.69 Å². The number of imidazole rings is 1. The molecule has 0 aliphatic carbocycles. The molecule has 1 aromatic heterocycles. The summed E-state index contributed by atoms with van der Waals surface area (Å²) >= 11 is 0. The molecule has 0 radical (unpaired) electrons. The van der Waals surface area contributed by atoms with Crippen LogP contribution in [0.15, 0.2) is 12.5 Å². The first-order chi connectivity index (χ1) is 5.95. The van der Waals surface area contributed by atoms with Crippen molar-refractivity contribution in [2.45, 2.75) is 19.6 Å². The lowest BCUT2D eigenvalue weighted by Crippen LogP contribution is -2.22. The Morgan fingerprint density at radius 2 is 2.23 bits per heavy atom. The van der Waals surface area contributed by atoms with Gasteiger partial charge in [0, 0.05) is 12.7 Å². The van der Waals surface area contributed by atoms with Crippen LogP contribution in [0, 0.1) is 0 Å². The van der Waals surface area contributed by atoms with E-state index < -0.39 is 17.7 Å². The molecule has 1 heterocycles. The molecule has 3 nitrogen and oxygen atoms in total. The van der Waals surface area contributed by atoms with Crippen molar-refractivity contribution in [1.82, 2.24) is 9.55 Å². The van der Waals surface area contributed by atoms with E-state index in [9.17, 15) is 18.0 Å². The van der Waals surface area contributed by atoms with Crippen LogP contribution in [0.3, 0.4) is 0 Å². The van der Waals surface area contributed by atoms with E-state index in [0.29, 0.717) is 6.54 Å². The van der Waals surface area contributed by atoms with Crippen LogP contribution in [-0.2, 0) is 6.54 Å². The lowest BCUT2D eigenvalue weighted by molar-refractivity contribution is -0.0888. The van der Waals surface area contributed by atoms with Crippen LogP contribution in [0.2, 0.25) is 0 Å². The molecule has 13 heavy (non-hydrogen) atoms. The van der Waals surface area contributed by atoms with Gasteiger partial charge in [-0.15, -0.1) is 0 Å². The van der Waals surface area contributed by atoms with Gasteiger partial charge >= 0.3 is 6.18 Å². The van der Waals surface area contributed by atoms with Crippen LogP contribution in [0.25, 0.3) is 0 Å².